The Balaban J connectivity index is 1.42. The number of nitrogens with zero attached hydrogens (tertiary/aromatic N) is 4. The lowest BCUT2D eigenvalue weighted by Gasteiger charge is -2.37. The summed E-state index contributed by atoms with van der Waals surface area (Å²) < 4.78 is 24.5. The zero-order valence-electron chi connectivity index (χ0n) is 17.8. The van der Waals surface area contributed by atoms with Crippen molar-refractivity contribution >= 4 is 11.5 Å². The van der Waals surface area contributed by atoms with Crippen molar-refractivity contribution in [3.05, 3.63) is 78.2 Å². The SMILES string of the molecule is CCOc1ccc(Oc2cc(/C(=N/O)N3CCN(c4ccc(F)cc4)CC3)ccn2)cc1. The molecule has 166 valence electrons. The summed E-state index contributed by atoms with van der Waals surface area (Å²) in [6.07, 6.45) is 1.62. The molecule has 0 spiro atoms. The van der Waals surface area contributed by atoms with Crippen LogP contribution in [-0.2, 0) is 0 Å². The summed E-state index contributed by atoms with van der Waals surface area (Å²) in [5, 5.41) is 13.3. The first-order valence-electron chi connectivity index (χ1n) is 10.5. The van der Waals surface area contributed by atoms with Crippen LogP contribution in [0.3, 0.4) is 0 Å². The number of benzene rings is 2. The third-order valence-corrected chi connectivity index (χ3v) is 5.22. The van der Waals surface area contributed by atoms with E-state index in [4.69, 9.17) is 9.47 Å². The molecule has 0 atom stereocenters. The second-order valence-electron chi connectivity index (χ2n) is 7.26. The lowest BCUT2D eigenvalue weighted by atomic mass is 10.2. The number of piperazine rings is 1. The number of rotatable bonds is 6. The van der Waals surface area contributed by atoms with Gasteiger partial charge in [-0.05, 0) is 61.5 Å². The van der Waals surface area contributed by atoms with Crippen molar-refractivity contribution in [3.8, 4) is 17.4 Å². The van der Waals surface area contributed by atoms with Gasteiger partial charge in [0.1, 0.15) is 17.3 Å². The Morgan fingerprint density at radius 1 is 1.00 bits per heavy atom. The van der Waals surface area contributed by atoms with E-state index in [0.29, 0.717) is 42.7 Å². The molecule has 0 amide bonds. The Labute approximate surface area is 186 Å². The van der Waals surface area contributed by atoms with Crippen molar-refractivity contribution in [2.75, 3.05) is 37.7 Å². The number of amidine groups is 1. The largest absolute Gasteiger partial charge is 0.494 e. The van der Waals surface area contributed by atoms with Crippen LogP contribution in [0.15, 0.2) is 72.0 Å². The Bertz CT molecular complexity index is 1050. The van der Waals surface area contributed by atoms with Crippen LogP contribution in [0.4, 0.5) is 10.1 Å². The normalized spacial score (nSPS) is 14.4. The quantitative estimate of drug-likeness (QED) is 0.268. The Hall–Kier alpha value is -3.81. The van der Waals surface area contributed by atoms with E-state index in [1.54, 1.807) is 30.5 Å². The first kappa shape index (κ1) is 21.4. The minimum absolute atomic E-state index is 0.247. The fourth-order valence-corrected chi connectivity index (χ4v) is 3.63. The highest BCUT2D eigenvalue weighted by Gasteiger charge is 2.22. The average molecular weight is 436 g/mol. The van der Waals surface area contributed by atoms with Crippen molar-refractivity contribution < 1.29 is 19.1 Å². The van der Waals surface area contributed by atoms with Gasteiger partial charge >= 0.3 is 0 Å². The van der Waals surface area contributed by atoms with Crippen LogP contribution in [0.25, 0.3) is 0 Å². The molecule has 0 radical (unpaired) electrons. The molecule has 1 saturated heterocycles. The number of oxime groups is 1. The van der Waals surface area contributed by atoms with Gasteiger partial charge in [-0.25, -0.2) is 9.37 Å². The molecule has 7 nitrogen and oxygen atoms in total. The Kier molecular flexibility index (Phi) is 6.69. The molecule has 2 aromatic carbocycles. The van der Waals surface area contributed by atoms with Crippen LogP contribution in [0.1, 0.15) is 12.5 Å². The van der Waals surface area contributed by atoms with Crippen LogP contribution < -0.4 is 14.4 Å². The third kappa shape index (κ3) is 5.08. The van der Waals surface area contributed by atoms with E-state index in [1.807, 2.05) is 36.1 Å². The third-order valence-electron chi connectivity index (χ3n) is 5.22. The molecule has 3 aromatic rings. The number of pyridine rings is 1. The fourth-order valence-electron chi connectivity index (χ4n) is 3.63. The van der Waals surface area contributed by atoms with Crippen molar-refractivity contribution in [1.29, 1.82) is 0 Å². The highest BCUT2D eigenvalue weighted by Crippen LogP contribution is 2.24. The molecule has 1 aliphatic heterocycles. The maximum Gasteiger partial charge on any atom is 0.219 e. The molecule has 1 N–H and O–H groups in total. The van der Waals surface area contributed by atoms with Gasteiger partial charge < -0.3 is 24.5 Å². The van der Waals surface area contributed by atoms with E-state index < -0.39 is 0 Å². The highest BCUT2D eigenvalue weighted by atomic mass is 19.1. The molecule has 1 fully saturated rings. The minimum Gasteiger partial charge on any atom is -0.494 e. The summed E-state index contributed by atoms with van der Waals surface area (Å²) in [5.41, 5.74) is 1.68. The molecular weight excluding hydrogens is 411 g/mol. The maximum absolute atomic E-state index is 13.2. The van der Waals surface area contributed by atoms with Gasteiger partial charge in [0, 0.05) is 49.7 Å². The van der Waals surface area contributed by atoms with Gasteiger partial charge in [0.15, 0.2) is 5.84 Å². The first-order valence-corrected chi connectivity index (χ1v) is 10.5. The summed E-state index contributed by atoms with van der Waals surface area (Å²) in [6.45, 7) is 5.31. The van der Waals surface area contributed by atoms with E-state index in [0.717, 1.165) is 24.5 Å². The van der Waals surface area contributed by atoms with Crippen LogP contribution in [-0.4, -0.2) is 53.7 Å². The molecule has 0 bridgehead atoms. The maximum atomic E-state index is 13.2. The second kappa shape index (κ2) is 10.00. The fraction of sp³-hybridized carbons (Fsp3) is 0.250. The number of hydrogen-bond donors (Lipinski definition) is 1. The van der Waals surface area contributed by atoms with Gasteiger partial charge in [0.05, 0.1) is 6.61 Å². The first-order chi connectivity index (χ1) is 15.7. The van der Waals surface area contributed by atoms with Crippen molar-refractivity contribution in [2.24, 2.45) is 5.16 Å². The van der Waals surface area contributed by atoms with E-state index in [1.165, 1.54) is 12.1 Å². The Morgan fingerprint density at radius 3 is 2.34 bits per heavy atom. The van der Waals surface area contributed by atoms with Crippen molar-refractivity contribution in [1.82, 2.24) is 9.88 Å². The van der Waals surface area contributed by atoms with Gasteiger partial charge in [-0.2, -0.15) is 0 Å². The molecule has 1 aliphatic rings. The van der Waals surface area contributed by atoms with Gasteiger partial charge in [-0.1, -0.05) is 5.16 Å². The lowest BCUT2D eigenvalue weighted by molar-refractivity contribution is 0.296. The van der Waals surface area contributed by atoms with Crippen molar-refractivity contribution in [3.63, 3.8) is 0 Å². The molecule has 4 rings (SSSR count). The molecule has 32 heavy (non-hydrogen) atoms. The van der Waals surface area contributed by atoms with Crippen LogP contribution in [0.5, 0.6) is 17.4 Å². The summed E-state index contributed by atoms with van der Waals surface area (Å²) in [6, 6.07) is 17.3. The van der Waals surface area contributed by atoms with Crippen LogP contribution >= 0.6 is 0 Å². The minimum atomic E-state index is -0.247. The van der Waals surface area contributed by atoms with Crippen molar-refractivity contribution in [2.45, 2.75) is 6.92 Å². The molecule has 1 aromatic heterocycles. The lowest BCUT2D eigenvalue weighted by Crippen LogP contribution is -2.49. The molecule has 0 saturated carbocycles. The molecule has 0 unspecified atom stereocenters. The molecule has 2 heterocycles. The van der Waals surface area contributed by atoms with E-state index >= 15 is 0 Å². The standard InChI is InChI=1S/C24H25FN4O3/c1-2-31-21-7-9-22(10-8-21)32-23-17-18(11-12-26-23)24(27-30)29-15-13-28(14-16-29)20-5-3-19(25)4-6-20/h3-12,17,30H,2,13-16H2,1H3/b27-24-. The van der Waals surface area contributed by atoms with E-state index in [2.05, 4.69) is 15.0 Å². The molecule has 0 aliphatic carbocycles. The van der Waals surface area contributed by atoms with Gasteiger partial charge in [-0.3, -0.25) is 0 Å². The summed E-state index contributed by atoms with van der Waals surface area (Å²) in [5.74, 6) is 2.02. The van der Waals surface area contributed by atoms with E-state index in [-0.39, 0.29) is 5.82 Å². The number of aromatic nitrogens is 1. The monoisotopic (exact) mass is 436 g/mol. The van der Waals surface area contributed by atoms with Gasteiger partial charge in [-0.15, -0.1) is 0 Å². The number of halogens is 1. The van der Waals surface area contributed by atoms with Gasteiger partial charge in [0.25, 0.3) is 0 Å². The number of hydrogen-bond acceptors (Lipinski definition) is 6. The summed E-state index contributed by atoms with van der Waals surface area (Å²) in [7, 11) is 0. The average Bonchev–Trinajstić information content (AvgIpc) is 2.82. The zero-order valence-corrected chi connectivity index (χ0v) is 17.8. The molecular formula is C24H25FN4O3. The van der Waals surface area contributed by atoms with Crippen LogP contribution in [0, 0.1) is 5.82 Å². The zero-order chi connectivity index (χ0) is 22.3. The predicted molar refractivity (Wildman–Crippen MR) is 120 cm³/mol. The number of ether oxygens (including phenoxy) is 2. The number of anilines is 1. The van der Waals surface area contributed by atoms with Gasteiger partial charge in [0.2, 0.25) is 5.88 Å². The summed E-state index contributed by atoms with van der Waals surface area (Å²) >= 11 is 0. The molecule has 8 heteroatoms. The topological polar surface area (TPSA) is 70.4 Å². The summed E-state index contributed by atoms with van der Waals surface area (Å²) in [4.78, 5) is 8.46. The van der Waals surface area contributed by atoms with Crippen LogP contribution in [0.2, 0.25) is 0 Å². The smallest absolute Gasteiger partial charge is 0.219 e. The second-order valence-corrected chi connectivity index (χ2v) is 7.26. The highest BCUT2D eigenvalue weighted by molar-refractivity contribution is 5.98. The van der Waals surface area contributed by atoms with E-state index in [9.17, 15) is 9.60 Å². The Morgan fingerprint density at radius 2 is 1.69 bits per heavy atom. The predicted octanol–water partition coefficient (Wildman–Crippen LogP) is 4.37.